The van der Waals surface area contributed by atoms with Crippen LogP contribution in [-0.2, 0) is 39.8 Å². The number of carboxylic acids is 1. The van der Waals surface area contributed by atoms with E-state index < -0.39 is 61.8 Å². The van der Waals surface area contributed by atoms with Crippen molar-refractivity contribution >= 4 is 11.9 Å². The number of aliphatic carboxylic acids is 1. The Morgan fingerprint density at radius 3 is 2.48 bits per heavy atom. The van der Waals surface area contributed by atoms with Gasteiger partial charge in [-0.15, -0.1) is 0 Å². The van der Waals surface area contributed by atoms with Gasteiger partial charge in [0.2, 0.25) is 6.79 Å². The molecule has 7 rings (SSSR count). The van der Waals surface area contributed by atoms with Gasteiger partial charge in [0.1, 0.15) is 54.7 Å². The molecule has 4 aliphatic heterocycles. The van der Waals surface area contributed by atoms with Crippen LogP contribution in [0.2, 0.25) is 0 Å². The van der Waals surface area contributed by atoms with E-state index in [9.17, 15) is 24.9 Å². The molecule has 0 saturated carbocycles. The maximum atomic E-state index is 12.0. The molecule has 3 aromatic rings. The fourth-order valence-corrected chi connectivity index (χ4v) is 6.83. The third-order valence-corrected chi connectivity index (χ3v) is 9.33. The van der Waals surface area contributed by atoms with Gasteiger partial charge in [0.15, 0.2) is 29.6 Å². The molecule has 6 N–H and O–H groups in total. The first-order valence-corrected chi connectivity index (χ1v) is 17.5. The molecule has 1 saturated heterocycles. The lowest BCUT2D eigenvalue weighted by atomic mass is 9.87. The van der Waals surface area contributed by atoms with E-state index in [2.05, 4.69) is 0 Å². The summed E-state index contributed by atoms with van der Waals surface area (Å²) in [5.41, 5.74) is 8.90. The number of rotatable bonds is 16. The summed E-state index contributed by atoms with van der Waals surface area (Å²) in [5, 5.41) is 39.8. The number of aliphatic hydroxyl groups excluding tert-OH is 2. The first kappa shape index (κ1) is 37.4. The van der Waals surface area contributed by atoms with Gasteiger partial charge in [0.25, 0.3) is 0 Å². The second-order valence-corrected chi connectivity index (χ2v) is 13.0. The Hall–Kier alpha value is -4.88. The summed E-state index contributed by atoms with van der Waals surface area (Å²) in [5.74, 6) is 0.250. The Labute approximate surface area is 308 Å². The summed E-state index contributed by atoms with van der Waals surface area (Å²) in [6.45, 7) is -0.117. The number of carbonyl (C=O) groups excluding carboxylic acids is 1. The van der Waals surface area contributed by atoms with E-state index in [4.69, 9.17) is 58.5 Å². The smallest absolute Gasteiger partial charge is 0.317 e. The van der Waals surface area contributed by atoms with E-state index in [1.807, 2.05) is 12.1 Å². The Bertz CT molecular complexity index is 1800. The topological polar surface area (TPSA) is 233 Å². The van der Waals surface area contributed by atoms with Crippen molar-refractivity contribution < 1.29 is 77.7 Å². The fourth-order valence-electron chi connectivity index (χ4n) is 6.83. The Morgan fingerprint density at radius 2 is 1.72 bits per heavy atom. The summed E-state index contributed by atoms with van der Waals surface area (Å²) in [4.78, 5) is 34.9. The van der Waals surface area contributed by atoms with E-state index >= 15 is 0 Å². The highest BCUT2D eigenvalue weighted by atomic mass is 17.2. The number of fused-ring (bicyclic) bond motifs is 6. The van der Waals surface area contributed by atoms with E-state index in [-0.39, 0.29) is 57.0 Å². The first-order chi connectivity index (χ1) is 26.2. The number of phenols is 1. The van der Waals surface area contributed by atoms with Crippen molar-refractivity contribution in [1.29, 1.82) is 0 Å². The van der Waals surface area contributed by atoms with Crippen LogP contribution in [0, 0.1) is 0 Å². The molecule has 7 atom stereocenters. The van der Waals surface area contributed by atoms with Gasteiger partial charge in [0, 0.05) is 48.9 Å². The minimum atomic E-state index is -1.50. The van der Waals surface area contributed by atoms with E-state index in [1.54, 1.807) is 36.4 Å². The summed E-state index contributed by atoms with van der Waals surface area (Å²) in [7, 11) is 0. The van der Waals surface area contributed by atoms with Gasteiger partial charge in [-0.1, -0.05) is 12.1 Å². The number of esters is 1. The van der Waals surface area contributed by atoms with Crippen LogP contribution in [0.25, 0.3) is 0 Å². The molecular formula is C37H41NO16. The van der Waals surface area contributed by atoms with Crippen molar-refractivity contribution in [2.75, 3.05) is 46.4 Å². The lowest BCUT2D eigenvalue weighted by Crippen LogP contribution is -2.61. The maximum Gasteiger partial charge on any atom is 0.317 e. The Balaban J connectivity index is 1.16. The highest BCUT2D eigenvalue weighted by Gasteiger charge is 2.49. The van der Waals surface area contributed by atoms with Crippen LogP contribution < -0.4 is 29.6 Å². The molecule has 17 nitrogen and oxygen atoms in total. The van der Waals surface area contributed by atoms with Crippen molar-refractivity contribution in [1.82, 2.24) is 0 Å². The highest BCUT2D eigenvalue weighted by molar-refractivity contribution is 5.90. The largest absolute Gasteiger partial charge is 0.508 e. The van der Waals surface area contributed by atoms with Crippen LogP contribution >= 0.6 is 0 Å². The third-order valence-electron chi connectivity index (χ3n) is 9.33. The molecule has 0 aromatic heterocycles. The van der Waals surface area contributed by atoms with E-state index in [1.165, 1.54) is 0 Å². The second kappa shape index (κ2) is 16.6. The summed E-state index contributed by atoms with van der Waals surface area (Å²) in [6, 6.07) is 13.9. The molecule has 0 radical (unpaired) electrons. The SMILES string of the molecule is NCCO[C@@H]1O[C@H](COC(=O)CC(=O)O)[C@@H](OCCCO)[C@H](O)[C@@H]1OOc1cc(Cc2ccc(O)cc2)c2c(c1)[C@H]1Oc3cc4c(cc3[C@@H]1CO2)OCO4. The number of nitrogens with two attached hydrogens (primary N) is 1. The number of hydrogen-bond donors (Lipinski definition) is 5. The zero-order valence-corrected chi connectivity index (χ0v) is 29.0. The Kier molecular flexibility index (Phi) is 11.5. The molecule has 0 amide bonds. The van der Waals surface area contributed by atoms with Crippen LogP contribution in [0.15, 0.2) is 48.5 Å². The monoisotopic (exact) mass is 755 g/mol. The number of aromatic hydroxyl groups is 1. The van der Waals surface area contributed by atoms with Gasteiger partial charge in [0.05, 0.1) is 19.1 Å². The number of aliphatic hydroxyl groups is 2. The zero-order valence-electron chi connectivity index (χ0n) is 29.0. The van der Waals surface area contributed by atoms with Crippen LogP contribution in [0.4, 0.5) is 0 Å². The average Bonchev–Trinajstić information content (AvgIpc) is 3.77. The lowest BCUT2D eigenvalue weighted by Gasteiger charge is -2.42. The molecule has 290 valence electrons. The number of ether oxygens (including phenoxy) is 8. The van der Waals surface area contributed by atoms with Crippen LogP contribution in [0.3, 0.4) is 0 Å². The fraction of sp³-hybridized carbons (Fsp3) is 0.459. The van der Waals surface area contributed by atoms with Gasteiger partial charge in [-0.2, -0.15) is 4.89 Å². The molecule has 0 unspecified atom stereocenters. The van der Waals surface area contributed by atoms with Gasteiger partial charge in [-0.3, -0.25) is 9.59 Å². The second-order valence-electron chi connectivity index (χ2n) is 13.0. The van der Waals surface area contributed by atoms with Crippen molar-refractivity contribution in [3.05, 3.63) is 70.8 Å². The summed E-state index contributed by atoms with van der Waals surface area (Å²) >= 11 is 0. The summed E-state index contributed by atoms with van der Waals surface area (Å²) in [6.07, 6.45) is -7.15. The molecule has 4 heterocycles. The molecule has 17 heteroatoms. The normalized spacial score (nSPS) is 24.8. The van der Waals surface area contributed by atoms with Crippen molar-refractivity contribution in [3.8, 4) is 34.5 Å². The number of carboxylic acid groups (broad SMARTS) is 1. The summed E-state index contributed by atoms with van der Waals surface area (Å²) < 4.78 is 46.9. The molecule has 4 aliphatic rings. The standard InChI is InChI=1S/C37H41NO16/c38-6-9-46-37-36(32(44)35(45-8-1-7-39)29(52-37)17-47-31(43)15-30(41)42)54-53-22-11-20(10-19-2-4-21(40)5-3-19)33-24(12-22)34-25(16-48-33)23-13-27-28(50-18-49-27)14-26(23)51-34/h2-5,11-14,25,29,32,34-37,39-40,44H,1,6-10,15-18,38H2,(H,41,42)/t25-,29+,32-,34+,35+,36-,37+/m0/s1. The molecule has 3 aromatic carbocycles. The lowest BCUT2D eigenvalue weighted by molar-refractivity contribution is -0.375. The van der Waals surface area contributed by atoms with Crippen LogP contribution in [0.1, 0.15) is 47.1 Å². The van der Waals surface area contributed by atoms with Crippen molar-refractivity contribution in [2.45, 2.75) is 62.0 Å². The van der Waals surface area contributed by atoms with Gasteiger partial charge >= 0.3 is 11.9 Å². The van der Waals surface area contributed by atoms with Crippen molar-refractivity contribution in [3.63, 3.8) is 0 Å². The van der Waals surface area contributed by atoms with Crippen LogP contribution in [0.5, 0.6) is 34.5 Å². The highest BCUT2D eigenvalue weighted by Crippen LogP contribution is 2.55. The number of carbonyl (C=O) groups is 2. The molecule has 54 heavy (non-hydrogen) atoms. The van der Waals surface area contributed by atoms with Gasteiger partial charge < -0.3 is 68.9 Å². The quantitative estimate of drug-likeness (QED) is 0.0461. The predicted octanol–water partition coefficient (Wildman–Crippen LogP) is 1.85. The number of phenolic OH excluding ortho intramolecular Hbond substituents is 1. The molecule has 0 aliphatic carbocycles. The van der Waals surface area contributed by atoms with Gasteiger partial charge in [-0.05, 0) is 42.3 Å². The molecular weight excluding hydrogens is 714 g/mol. The third kappa shape index (κ3) is 8.12. The van der Waals surface area contributed by atoms with E-state index in [0.29, 0.717) is 41.6 Å². The predicted molar refractivity (Wildman–Crippen MR) is 181 cm³/mol. The minimum Gasteiger partial charge on any atom is -0.508 e. The maximum absolute atomic E-state index is 12.0. The van der Waals surface area contributed by atoms with Gasteiger partial charge in [-0.25, -0.2) is 0 Å². The average molecular weight is 756 g/mol. The number of hydrogen-bond acceptors (Lipinski definition) is 16. The van der Waals surface area contributed by atoms with E-state index in [0.717, 1.165) is 16.7 Å². The number of benzene rings is 3. The molecule has 1 fully saturated rings. The first-order valence-electron chi connectivity index (χ1n) is 17.5. The molecule has 0 spiro atoms. The molecule has 0 bridgehead atoms. The Morgan fingerprint density at radius 1 is 0.926 bits per heavy atom. The van der Waals surface area contributed by atoms with Crippen LogP contribution in [-0.4, -0.2) is 109 Å². The van der Waals surface area contributed by atoms with Crippen molar-refractivity contribution in [2.24, 2.45) is 5.73 Å². The zero-order chi connectivity index (χ0) is 37.8. The minimum absolute atomic E-state index is 0.000678.